The van der Waals surface area contributed by atoms with Crippen LogP contribution in [0.3, 0.4) is 0 Å². The molecule has 3 aromatic rings. The van der Waals surface area contributed by atoms with Gasteiger partial charge in [-0.05, 0) is 69.4 Å². The van der Waals surface area contributed by atoms with Crippen molar-refractivity contribution in [1.29, 1.82) is 0 Å². The predicted molar refractivity (Wildman–Crippen MR) is 202 cm³/mol. The highest BCUT2D eigenvalue weighted by atomic mass is 35.5. The van der Waals surface area contributed by atoms with Gasteiger partial charge in [-0.3, -0.25) is 24.3 Å². The highest BCUT2D eigenvalue weighted by Crippen LogP contribution is 2.37. The van der Waals surface area contributed by atoms with E-state index < -0.39 is 79.6 Å². The van der Waals surface area contributed by atoms with E-state index >= 15 is 0 Å². The molecular weight excluding hydrogens is 777 g/mol. The fourth-order valence-corrected chi connectivity index (χ4v) is 8.21. The number of nitrogens with one attached hydrogen (secondary N) is 4. The molecule has 2 saturated carbocycles. The van der Waals surface area contributed by atoms with E-state index in [-0.39, 0.29) is 30.3 Å². The number of alkyl halides is 3. The molecule has 13 nitrogen and oxygen atoms in total. The molecule has 1 heterocycles. The van der Waals surface area contributed by atoms with E-state index in [1.165, 1.54) is 0 Å². The molecule has 4 N–H and O–H groups in total. The zero-order valence-corrected chi connectivity index (χ0v) is 32.9. The van der Waals surface area contributed by atoms with Crippen molar-refractivity contribution in [1.82, 2.24) is 24.9 Å². The molecule has 1 aromatic heterocycles. The minimum atomic E-state index is -4.72. The zero-order chi connectivity index (χ0) is 40.9. The largest absolute Gasteiger partial charge is 0.416 e. The van der Waals surface area contributed by atoms with Crippen molar-refractivity contribution in [3.8, 4) is 0 Å². The van der Waals surface area contributed by atoms with Crippen LogP contribution in [-0.2, 0) is 50.1 Å². The van der Waals surface area contributed by atoms with Crippen molar-refractivity contribution in [3.05, 3.63) is 86.9 Å². The Kier molecular flexibility index (Phi) is 13.2. The van der Waals surface area contributed by atoms with Gasteiger partial charge in [0, 0.05) is 18.4 Å². The quantitative estimate of drug-likeness (QED) is 0.160. The number of sulfonamides is 1. The number of hydrogen-bond donors (Lipinski definition) is 4. The van der Waals surface area contributed by atoms with Gasteiger partial charge in [0.1, 0.15) is 12.1 Å². The highest BCUT2D eigenvalue weighted by molar-refractivity contribution is 7.90. The molecule has 0 aliphatic heterocycles. The van der Waals surface area contributed by atoms with Crippen molar-refractivity contribution in [2.75, 3.05) is 5.32 Å². The first-order valence-electron chi connectivity index (χ1n) is 18.3. The number of benzene rings is 2. The number of nitrogens with zero attached hydrogens (tertiary/aromatic N) is 2. The van der Waals surface area contributed by atoms with Crippen molar-refractivity contribution < 1.29 is 40.7 Å². The Hall–Kier alpha value is -4.48. The molecule has 4 amide bonds. The van der Waals surface area contributed by atoms with Crippen molar-refractivity contribution in [3.63, 3.8) is 0 Å². The average Bonchev–Trinajstić information content (AvgIpc) is 3.10. The minimum Gasteiger partial charge on any atom is -0.373 e. The molecule has 0 unspecified atom stereocenters. The minimum absolute atomic E-state index is 0.104. The van der Waals surface area contributed by atoms with Crippen LogP contribution in [0.5, 0.6) is 0 Å². The summed E-state index contributed by atoms with van der Waals surface area (Å²) in [5.41, 5.74) is -3.34. The molecule has 18 heteroatoms. The van der Waals surface area contributed by atoms with Crippen molar-refractivity contribution in [2.45, 2.75) is 120 Å². The second kappa shape index (κ2) is 17.3. The Morgan fingerprint density at radius 3 is 2.23 bits per heavy atom. The Balaban J connectivity index is 1.41. The van der Waals surface area contributed by atoms with Gasteiger partial charge in [0.2, 0.25) is 11.7 Å². The second-order valence-corrected chi connectivity index (χ2v) is 17.4. The number of carbonyl (C=O) groups is 3. The molecule has 2 aliphatic carbocycles. The second-order valence-electron chi connectivity index (χ2n) is 15.4. The van der Waals surface area contributed by atoms with Gasteiger partial charge >= 0.3 is 12.2 Å². The number of amides is 4. The normalized spacial score (nSPS) is 19.1. The lowest BCUT2D eigenvalue weighted by Crippen LogP contribution is -2.68. The summed E-state index contributed by atoms with van der Waals surface area (Å²) >= 11 is 6.63. The number of urea groups is 1. The monoisotopic (exact) mass is 822 g/mol. The molecule has 0 saturated heterocycles. The van der Waals surface area contributed by atoms with E-state index in [1.807, 2.05) is 35.1 Å². The summed E-state index contributed by atoms with van der Waals surface area (Å²) in [6.45, 7) is 4.70. The fourth-order valence-electron chi connectivity index (χ4n) is 6.87. The number of ether oxygens (including phenoxy) is 1. The van der Waals surface area contributed by atoms with Crippen LogP contribution in [0.4, 0.5) is 23.8 Å². The molecule has 0 bridgehead atoms. The molecule has 0 spiro atoms. The number of anilines is 1. The lowest BCUT2D eigenvalue weighted by atomic mass is 9.73. The van der Waals surface area contributed by atoms with Gasteiger partial charge in [0.25, 0.3) is 21.5 Å². The van der Waals surface area contributed by atoms with Crippen LogP contribution in [-0.4, -0.2) is 53.0 Å². The smallest absolute Gasteiger partial charge is 0.373 e. The maximum absolute atomic E-state index is 13.9. The van der Waals surface area contributed by atoms with Crippen LogP contribution >= 0.6 is 11.6 Å². The van der Waals surface area contributed by atoms with Gasteiger partial charge in [-0.15, -0.1) is 0 Å². The van der Waals surface area contributed by atoms with Crippen LogP contribution in [0.15, 0.2) is 64.3 Å². The summed E-state index contributed by atoms with van der Waals surface area (Å²) in [5.74, 6) is -2.07. The van der Waals surface area contributed by atoms with E-state index in [2.05, 4.69) is 20.9 Å². The third-order valence-electron chi connectivity index (χ3n) is 9.77. The molecule has 56 heavy (non-hydrogen) atoms. The molecule has 2 aromatic carbocycles. The van der Waals surface area contributed by atoms with Crippen LogP contribution in [0, 0.1) is 5.92 Å². The summed E-state index contributed by atoms with van der Waals surface area (Å²) in [5, 5.41) is 7.58. The fraction of sp³-hybridized carbons (Fsp3) is 0.500. The SMILES string of the molecule is CC(C)(C)NC(=O)Nc1nc(Cl)c(CCC2CCCCC2)n(CC(=O)NC2(C(=O)NS(=O)(=O)c3ccc(C(F)(F)F)cc3)CC(OCc3ccccc3)C2)c1=O. The first kappa shape index (κ1) is 42.7. The lowest BCUT2D eigenvalue weighted by molar-refractivity contribution is -0.145. The van der Waals surface area contributed by atoms with Crippen molar-refractivity contribution in [2.24, 2.45) is 5.92 Å². The van der Waals surface area contributed by atoms with Crippen LogP contribution in [0.1, 0.15) is 89.0 Å². The number of halogens is 4. The Bertz CT molecular complexity index is 2060. The first-order valence-corrected chi connectivity index (χ1v) is 20.2. The highest BCUT2D eigenvalue weighted by Gasteiger charge is 2.53. The third kappa shape index (κ3) is 11.1. The third-order valence-corrected chi connectivity index (χ3v) is 11.4. The van der Waals surface area contributed by atoms with Gasteiger partial charge < -0.3 is 15.4 Å². The van der Waals surface area contributed by atoms with E-state index in [9.17, 15) is 40.8 Å². The standard InChI is InChI=1S/C38H46ClF3N6O7S/c1-36(2,3)46-35(52)44-32-33(50)48(29(31(39)43-32)19-14-24-10-6-4-7-11-24)22-30(49)45-37(20-27(21-37)55-23-25-12-8-5-9-13-25)34(51)47-56(53,54)28-17-15-26(16-18-28)38(40,41)42/h5,8-9,12-13,15-18,24,27H,4,6-7,10-11,14,19-23H2,1-3H3,(H,45,49)(H,47,51)(H2,43,44,46,52). The molecule has 5 rings (SSSR count). The summed E-state index contributed by atoms with van der Waals surface area (Å²) in [6.07, 6.45) is 0.600. The van der Waals surface area contributed by atoms with Gasteiger partial charge in [0.05, 0.1) is 28.9 Å². The maximum Gasteiger partial charge on any atom is 0.416 e. The van der Waals surface area contributed by atoms with Crippen LogP contribution in [0.2, 0.25) is 5.15 Å². The average molecular weight is 823 g/mol. The van der Waals surface area contributed by atoms with Crippen LogP contribution < -0.4 is 26.2 Å². The van der Waals surface area contributed by atoms with Crippen LogP contribution in [0.25, 0.3) is 0 Å². The number of aromatic nitrogens is 2. The topological polar surface area (TPSA) is 178 Å². The van der Waals surface area contributed by atoms with Gasteiger partial charge in [-0.1, -0.05) is 74.0 Å². The molecule has 0 atom stereocenters. The number of rotatable bonds is 13. The summed E-state index contributed by atoms with van der Waals surface area (Å²) in [6, 6.07) is 11.0. The Morgan fingerprint density at radius 1 is 0.982 bits per heavy atom. The summed E-state index contributed by atoms with van der Waals surface area (Å²) < 4.78 is 74.8. The Morgan fingerprint density at radius 2 is 1.62 bits per heavy atom. The summed E-state index contributed by atoms with van der Waals surface area (Å²) in [4.78, 5) is 57.9. The predicted octanol–water partition coefficient (Wildman–Crippen LogP) is 6.09. The maximum atomic E-state index is 13.9. The molecule has 304 valence electrons. The molecule has 2 fully saturated rings. The van der Waals surface area contributed by atoms with Gasteiger partial charge in [0.15, 0.2) is 5.15 Å². The van der Waals surface area contributed by atoms with Gasteiger partial charge in [-0.25, -0.2) is 22.9 Å². The van der Waals surface area contributed by atoms with Crippen molar-refractivity contribution >= 4 is 45.3 Å². The number of carbonyl (C=O) groups excluding carboxylic acids is 3. The van der Waals surface area contributed by atoms with E-state index in [0.29, 0.717) is 30.9 Å². The number of hydrogen-bond acceptors (Lipinski definition) is 8. The first-order chi connectivity index (χ1) is 26.2. The van der Waals surface area contributed by atoms with E-state index in [4.69, 9.17) is 16.3 Å². The zero-order valence-electron chi connectivity index (χ0n) is 31.3. The molecule has 2 aliphatic rings. The van der Waals surface area contributed by atoms with E-state index in [1.54, 1.807) is 20.8 Å². The van der Waals surface area contributed by atoms with Gasteiger partial charge in [-0.2, -0.15) is 13.2 Å². The van der Waals surface area contributed by atoms with E-state index in [0.717, 1.165) is 54.4 Å². The molecular formula is C38H46ClF3N6O7S. The Labute approximate surface area is 328 Å². The lowest BCUT2D eigenvalue weighted by Gasteiger charge is -2.46. The molecule has 0 radical (unpaired) electrons. The summed E-state index contributed by atoms with van der Waals surface area (Å²) in [7, 11) is -4.70.